The minimum absolute atomic E-state index is 0.0703. The lowest BCUT2D eigenvalue weighted by molar-refractivity contribution is -0.170. The maximum Gasteiger partial charge on any atom is 0.378 e. The number of methoxy groups -OCH3 is 1. The van der Waals surface area contributed by atoms with Crippen LogP contribution in [0, 0.1) is 5.92 Å². The summed E-state index contributed by atoms with van der Waals surface area (Å²) in [6.45, 7) is 2.01. The Morgan fingerprint density at radius 3 is 1.96 bits per heavy atom. The molecule has 0 aliphatic heterocycles. The van der Waals surface area contributed by atoms with Gasteiger partial charge in [0.1, 0.15) is 0 Å². The first-order valence-electron chi connectivity index (χ1n) is 7.20. The number of hydrogen-bond acceptors (Lipinski definition) is 6. The van der Waals surface area contributed by atoms with Gasteiger partial charge in [-0.1, -0.05) is 13.8 Å². The maximum atomic E-state index is 12.9. The molecular weight excluding hydrogens is 342 g/mol. The zero-order valence-electron chi connectivity index (χ0n) is 13.8. The number of alkyl halides is 2. The van der Waals surface area contributed by atoms with Gasteiger partial charge in [-0.15, -0.1) is 0 Å². The summed E-state index contributed by atoms with van der Waals surface area (Å²) >= 11 is 0. The first-order chi connectivity index (χ1) is 11.6. The van der Waals surface area contributed by atoms with E-state index < -0.39 is 36.7 Å². The predicted octanol–water partition coefficient (Wildman–Crippen LogP) is 2.35. The van der Waals surface area contributed by atoms with Crippen molar-refractivity contribution in [1.29, 1.82) is 0 Å². The van der Waals surface area contributed by atoms with Gasteiger partial charge < -0.3 is 19.3 Å². The smallest absolute Gasteiger partial charge is 0.378 e. The quantitative estimate of drug-likeness (QED) is 0.561. The molecule has 1 unspecified atom stereocenters. The number of carbonyl (C=O) groups excluding carboxylic acids is 2. The average molecular weight is 360 g/mol. The van der Waals surface area contributed by atoms with Gasteiger partial charge in [0.15, 0.2) is 6.61 Å². The van der Waals surface area contributed by atoms with Crippen LogP contribution in [-0.4, -0.2) is 48.9 Å². The zero-order valence-corrected chi connectivity index (χ0v) is 13.8. The van der Waals surface area contributed by atoms with Crippen LogP contribution >= 0.6 is 0 Å². The van der Waals surface area contributed by atoms with Gasteiger partial charge in [-0.3, -0.25) is 0 Å². The monoisotopic (exact) mass is 360 g/mol. The summed E-state index contributed by atoms with van der Waals surface area (Å²) in [5, 5.41) is 8.25. The fourth-order valence-corrected chi connectivity index (χ4v) is 1.67. The summed E-state index contributed by atoms with van der Waals surface area (Å²) < 4.78 is 40.1. The molecule has 138 valence electrons. The Balaban J connectivity index is 2.71. The van der Waals surface area contributed by atoms with Crippen LogP contribution in [0.2, 0.25) is 0 Å². The largest absolute Gasteiger partial charge is 0.477 e. The minimum Gasteiger partial charge on any atom is -0.477 e. The highest BCUT2D eigenvalue weighted by Crippen LogP contribution is 2.16. The van der Waals surface area contributed by atoms with Crippen molar-refractivity contribution in [3.63, 3.8) is 0 Å². The molecule has 1 N–H and O–H groups in total. The van der Waals surface area contributed by atoms with Crippen molar-refractivity contribution < 1.29 is 42.5 Å². The summed E-state index contributed by atoms with van der Waals surface area (Å²) in [5.41, 5.74) is 0.00000529. The molecule has 0 heterocycles. The Labute approximate surface area is 142 Å². The molecule has 1 rings (SSSR count). The van der Waals surface area contributed by atoms with Gasteiger partial charge in [-0.2, -0.15) is 8.78 Å². The van der Waals surface area contributed by atoms with Crippen LogP contribution in [0.5, 0.6) is 0 Å². The van der Waals surface area contributed by atoms with E-state index in [0.29, 0.717) is 0 Å². The number of halogens is 2. The topological polar surface area (TPSA) is 99.1 Å². The summed E-state index contributed by atoms with van der Waals surface area (Å²) in [7, 11) is 1.39. The SMILES string of the molecule is COC(OC(=O)c1ccc(C(=O)OCC(F)(F)C(=O)O)cc1)C(C)C. The molecule has 0 aliphatic carbocycles. The van der Waals surface area contributed by atoms with Crippen LogP contribution in [0.3, 0.4) is 0 Å². The molecule has 0 amide bonds. The molecule has 1 aromatic carbocycles. The molecular formula is C16H18F2O7. The van der Waals surface area contributed by atoms with E-state index in [-0.39, 0.29) is 17.0 Å². The molecule has 9 heteroatoms. The van der Waals surface area contributed by atoms with Gasteiger partial charge in [0.2, 0.25) is 6.29 Å². The second-order valence-electron chi connectivity index (χ2n) is 5.42. The molecule has 0 fully saturated rings. The van der Waals surface area contributed by atoms with E-state index in [1.54, 1.807) is 13.8 Å². The molecule has 0 aliphatic rings. The molecule has 0 spiro atoms. The van der Waals surface area contributed by atoms with E-state index in [0.717, 1.165) is 0 Å². The lowest BCUT2D eigenvalue weighted by atomic mass is 10.1. The van der Waals surface area contributed by atoms with Crippen LogP contribution in [0.1, 0.15) is 34.6 Å². The van der Waals surface area contributed by atoms with Gasteiger partial charge in [0, 0.05) is 13.0 Å². The maximum absolute atomic E-state index is 12.9. The lowest BCUT2D eigenvalue weighted by Gasteiger charge is -2.19. The Hall–Kier alpha value is -2.55. The number of hydrogen-bond donors (Lipinski definition) is 1. The number of esters is 2. The van der Waals surface area contributed by atoms with Crippen molar-refractivity contribution in [2.45, 2.75) is 26.1 Å². The van der Waals surface area contributed by atoms with E-state index in [4.69, 9.17) is 14.6 Å². The van der Waals surface area contributed by atoms with Crippen LogP contribution in [0.4, 0.5) is 8.78 Å². The van der Waals surface area contributed by atoms with Crippen molar-refractivity contribution in [2.75, 3.05) is 13.7 Å². The van der Waals surface area contributed by atoms with E-state index >= 15 is 0 Å². The van der Waals surface area contributed by atoms with Crippen LogP contribution in [-0.2, 0) is 19.0 Å². The summed E-state index contributed by atoms with van der Waals surface area (Å²) in [4.78, 5) is 33.8. The highest BCUT2D eigenvalue weighted by molar-refractivity contribution is 5.93. The Morgan fingerprint density at radius 1 is 1.08 bits per heavy atom. The summed E-state index contributed by atoms with van der Waals surface area (Å²) in [6, 6.07) is 4.85. The molecule has 0 saturated heterocycles. The van der Waals surface area contributed by atoms with Gasteiger partial charge in [-0.05, 0) is 24.3 Å². The molecule has 1 aromatic rings. The second-order valence-corrected chi connectivity index (χ2v) is 5.42. The number of carbonyl (C=O) groups is 3. The molecule has 7 nitrogen and oxygen atoms in total. The van der Waals surface area contributed by atoms with Crippen molar-refractivity contribution >= 4 is 17.9 Å². The third-order valence-electron chi connectivity index (χ3n) is 3.05. The lowest BCUT2D eigenvalue weighted by Crippen LogP contribution is -2.34. The van der Waals surface area contributed by atoms with E-state index in [1.165, 1.54) is 31.4 Å². The summed E-state index contributed by atoms with van der Waals surface area (Å²) in [6.07, 6.45) is -0.740. The Bertz CT molecular complexity index is 626. The molecule has 0 bridgehead atoms. The number of carboxylic acid groups (broad SMARTS) is 1. The van der Waals surface area contributed by atoms with Crippen molar-refractivity contribution in [3.05, 3.63) is 35.4 Å². The first-order valence-corrected chi connectivity index (χ1v) is 7.20. The van der Waals surface area contributed by atoms with E-state index in [1.807, 2.05) is 0 Å². The number of ether oxygens (including phenoxy) is 3. The molecule has 0 saturated carbocycles. The molecule has 0 aromatic heterocycles. The third-order valence-corrected chi connectivity index (χ3v) is 3.05. The highest BCUT2D eigenvalue weighted by Gasteiger charge is 2.40. The number of aliphatic carboxylic acids is 1. The molecule has 25 heavy (non-hydrogen) atoms. The van der Waals surface area contributed by atoms with E-state index in [2.05, 4.69) is 4.74 Å². The highest BCUT2D eigenvalue weighted by atomic mass is 19.3. The fraction of sp³-hybridized carbons (Fsp3) is 0.438. The fourth-order valence-electron chi connectivity index (χ4n) is 1.67. The number of rotatable bonds is 8. The van der Waals surface area contributed by atoms with Gasteiger partial charge >= 0.3 is 23.8 Å². The van der Waals surface area contributed by atoms with Crippen molar-refractivity contribution in [1.82, 2.24) is 0 Å². The van der Waals surface area contributed by atoms with Crippen LogP contribution in [0.15, 0.2) is 24.3 Å². The van der Waals surface area contributed by atoms with Crippen LogP contribution < -0.4 is 0 Å². The average Bonchev–Trinajstić information content (AvgIpc) is 2.57. The van der Waals surface area contributed by atoms with E-state index in [9.17, 15) is 23.2 Å². The third kappa shape index (κ3) is 5.79. The minimum atomic E-state index is -4.18. The predicted molar refractivity (Wildman–Crippen MR) is 80.4 cm³/mol. The number of benzene rings is 1. The standard InChI is InChI=1S/C16H18F2O7/c1-9(2)14(23-3)25-13(20)11-6-4-10(5-7-11)12(19)24-8-16(17,18)15(21)22/h4-7,9,14H,8H2,1-3H3,(H,21,22). The van der Waals surface area contributed by atoms with Gasteiger partial charge in [0.05, 0.1) is 11.1 Å². The number of carboxylic acids is 1. The van der Waals surface area contributed by atoms with Gasteiger partial charge in [0.25, 0.3) is 0 Å². The first kappa shape index (κ1) is 20.5. The summed E-state index contributed by atoms with van der Waals surface area (Å²) in [5.74, 6) is -8.46. The second kappa shape index (κ2) is 8.52. The molecule has 0 radical (unpaired) electrons. The Morgan fingerprint density at radius 2 is 1.56 bits per heavy atom. The van der Waals surface area contributed by atoms with Crippen molar-refractivity contribution in [2.24, 2.45) is 5.92 Å². The van der Waals surface area contributed by atoms with Crippen LogP contribution in [0.25, 0.3) is 0 Å². The zero-order chi connectivity index (χ0) is 19.2. The Kier molecular flexibility index (Phi) is 6.98. The van der Waals surface area contributed by atoms with Gasteiger partial charge in [-0.25, -0.2) is 14.4 Å². The van der Waals surface area contributed by atoms with Crippen molar-refractivity contribution in [3.8, 4) is 0 Å². The normalized spacial score (nSPS) is 12.6. The molecule has 1 atom stereocenters.